The summed E-state index contributed by atoms with van der Waals surface area (Å²) in [4.78, 5) is 15.6. The molecule has 20 heavy (non-hydrogen) atoms. The average molecular weight is 300 g/mol. The fourth-order valence-electron chi connectivity index (χ4n) is 2.05. The summed E-state index contributed by atoms with van der Waals surface area (Å²) >= 11 is 5.74. The summed E-state index contributed by atoms with van der Waals surface area (Å²) in [6.45, 7) is 4.94. The predicted octanol–water partition coefficient (Wildman–Crippen LogP) is 2.90. The third-order valence-electron chi connectivity index (χ3n) is 2.88. The molecule has 1 heterocycles. The largest absolute Gasteiger partial charge is 0.396 e. The Balaban J connectivity index is 2.41. The van der Waals surface area contributed by atoms with Crippen molar-refractivity contribution in [3.63, 3.8) is 0 Å². The highest BCUT2D eigenvalue weighted by molar-refractivity contribution is 6.29. The van der Waals surface area contributed by atoms with Gasteiger partial charge in [-0.1, -0.05) is 25.4 Å². The molecule has 0 aliphatic heterocycles. The molecule has 0 aromatic carbocycles. The second kappa shape index (κ2) is 8.76. The number of carbonyl (C=O) groups is 1. The number of rotatable bonds is 7. The van der Waals surface area contributed by atoms with Gasteiger partial charge in [-0.2, -0.15) is 0 Å². The summed E-state index contributed by atoms with van der Waals surface area (Å²) in [5, 5.41) is 14.9. The molecule has 0 aliphatic rings. The van der Waals surface area contributed by atoms with E-state index in [1.807, 2.05) is 0 Å². The van der Waals surface area contributed by atoms with Gasteiger partial charge in [-0.3, -0.25) is 0 Å². The Hall–Kier alpha value is -1.33. The molecule has 0 radical (unpaired) electrons. The first-order valence-corrected chi connectivity index (χ1v) is 7.16. The van der Waals surface area contributed by atoms with E-state index in [0.717, 1.165) is 6.42 Å². The Kier molecular flexibility index (Phi) is 7.33. The number of carbonyl (C=O) groups excluding carboxylic acids is 1. The number of nitrogens with zero attached hydrogens (tertiary/aromatic N) is 1. The topological polar surface area (TPSA) is 74.2 Å². The van der Waals surface area contributed by atoms with E-state index in [9.17, 15) is 4.79 Å². The van der Waals surface area contributed by atoms with Gasteiger partial charge < -0.3 is 15.7 Å². The summed E-state index contributed by atoms with van der Waals surface area (Å²) in [6.07, 6.45) is 3.20. The molecular formula is C14H22ClN3O2. The summed E-state index contributed by atoms with van der Waals surface area (Å²) in [5.41, 5.74) is 0.602. The number of pyridine rings is 1. The van der Waals surface area contributed by atoms with Crippen LogP contribution in [0.25, 0.3) is 0 Å². The van der Waals surface area contributed by atoms with Crippen molar-refractivity contribution in [2.45, 2.75) is 26.7 Å². The maximum Gasteiger partial charge on any atom is 0.319 e. The number of aliphatic hydroxyl groups is 1. The number of hydrogen-bond donors (Lipinski definition) is 3. The van der Waals surface area contributed by atoms with E-state index < -0.39 is 0 Å². The average Bonchev–Trinajstić information content (AvgIpc) is 2.35. The number of nitrogens with one attached hydrogen (secondary N) is 2. The second-order valence-electron chi connectivity index (χ2n) is 5.21. The first kappa shape index (κ1) is 16.7. The molecule has 1 aromatic rings. The Morgan fingerprint density at radius 1 is 1.50 bits per heavy atom. The molecule has 1 unspecified atom stereocenters. The van der Waals surface area contributed by atoms with Crippen LogP contribution >= 0.6 is 11.6 Å². The van der Waals surface area contributed by atoms with Crippen LogP contribution in [0.4, 0.5) is 10.5 Å². The molecule has 1 rings (SSSR count). The standard InChI is InChI=1S/C14H22ClN3O2/c1-10(2)7-11(4-6-19)9-17-14(20)18-12-3-5-16-13(15)8-12/h3,5,8,10-11,19H,4,6-7,9H2,1-2H3,(H2,16,17,18,20). The van der Waals surface area contributed by atoms with E-state index >= 15 is 0 Å². The number of hydrogen-bond acceptors (Lipinski definition) is 3. The van der Waals surface area contributed by atoms with Crippen LogP contribution in [0, 0.1) is 11.8 Å². The number of urea groups is 1. The predicted molar refractivity (Wildman–Crippen MR) is 80.9 cm³/mol. The van der Waals surface area contributed by atoms with Crippen molar-refractivity contribution in [2.75, 3.05) is 18.5 Å². The molecular weight excluding hydrogens is 278 g/mol. The van der Waals surface area contributed by atoms with Gasteiger partial charge in [0.2, 0.25) is 0 Å². The van der Waals surface area contributed by atoms with Gasteiger partial charge in [0.1, 0.15) is 5.15 Å². The van der Waals surface area contributed by atoms with Gasteiger partial charge in [0, 0.05) is 25.0 Å². The minimum Gasteiger partial charge on any atom is -0.396 e. The number of halogens is 1. The normalized spacial score (nSPS) is 12.2. The zero-order valence-electron chi connectivity index (χ0n) is 11.9. The van der Waals surface area contributed by atoms with E-state index in [4.69, 9.17) is 16.7 Å². The van der Waals surface area contributed by atoms with Gasteiger partial charge in [-0.05, 0) is 36.8 Å². The lowest BCUT2D eigenvalue weighted by atomic mass is 9.94. The molecule has 0 fully saturated rings. The lowest BCUT2D eigenvalue weighted by Gasteiger charge is -2.18. The first-order chi connectivity index (χ1) is 9.51. The van der Waals surface area contributed by atoms with Gasteiger partial charge in [0.25, 0.3) is 0 Å². The van der Waals surface area contributed by atoms with Gasteiger partial charge in [0.15, 0.2) is 0 Å². The Labute approximate surface area is 124 Å². The van der Waals surface area contributed by atoms with Gasteiger partial charge in [0.05, 0.1) is 0 Å². The highest BCUT2D eigenvalue weighted by Crippen LogP contribution is 2.15. The van der Waals surface area contributed by atoms with Crippen molar-refractivity contribution in [2.24, 2.45) is 11.8 Å². The van der Waals surface area contributed by atoms with Crippen molar-refractivity contribution in [1.29, 1.82) is 0 Å². The molecule has 0 saturated carbocycles. The van der Waals surface area contributed by atoms with Crippen LogP contribution in [0.2, 0.25) is 5.15 Å². The van der Waals surface area contributed by atoms with E-state index in [1.165, 1.54) is 6.20 Å². The van der Waals surface area contributed by atoms with Crippen LogP contribution in [0.3, 0.4) is 0 Å². The van der Waals surface area contributed by atoms with Gasteiger partial charge in [-0.25, -0.2) is 9.78 Å². The zero-order chi connectivity index (χ0) is 15.0. The Morgan fingerprint density at radius 2 is 2.25 bits per heavy atom. The fourth-order valence-corrected chi connectivity index (χ4v) is 2.22. The van der Waals surface area contributed by atoms with E-state index in [1.54, 1.807) is 12.1 Å². The second-order valence-corrected chi connectivity index (χ2v) is 5.60. The molecule has 3 N–H and O–H groups in total. The van der Waals surface area contributed by atoms with Crippen LogP contribution in [0.1, 0.15) is 26.7 Å². The van der Waals surface area contributed by atoms with Crippen molar-refractivity contribution < 1.29 is 9.90 Å². The van der Waals surface area contributed by atoms with Crippen LogP contribution in [-0.4, -0.2) is 29.3 Å². The van der Waals surface area contributed by atoms with Crippen LogP contribution in [-0.2, 0) is 0 Å². The lowest BCUT2D eigenvalue weighted by molar-refractivity contribution is 0.231. The minimum atomic E-state index is -0.279. The number of aliphatic hydroxyl groups excluding tert-OH is 1. The fraction of sp³-hybridized carbons (Fsp3) is 0.571. The minimum absolute atomic E-state index is 0.140. The SMILES string of the molecule is CC(C)CC(CCO)CNC(=O)Nc1ccnc(Cl)c1. The van der Waals surface area contributed by atoms with Crippen molar-refractivity contribution in [3.8, 4) is 0 Å². The summed E-state index contributed by atoms with van der Waals surface area (Å²) in [7, 11) is 0. The molecule has 0 saturated heterocycles. The van der Waals surface area contributed by atoms with Crippen molar-refractivity contribution in [1.82, 2.24) is 10.3 Å². The smallest absolute Gasteiger partial charge is 0.319 e. The number of aromatic nitrogens is 1. The number of anilines is 1. The monoisotopic (exact) mass is 299 g/mol. The molecule has 6 heteroatoms. The Bertz CT molecular complexity index is 427. The third-order valence-corrected chi connectivity index (χ3v) is 3.08. The lowest BCUT2D eigenvalue weighted by Crippen LogP contribution is -2.33. The molecule has 0 aliphatic carbocycles. The Morgan fingerprint density at radius 3 is 2.85 bits per heavy atom. The maximum absolute atomic E-state index is 11.8. The van der Waals surface area contributed by atoms with E-state index in [-0.39, 0.29) is 18.6 Å². The zero-order valence-corrected chi connectivity index (χ0v) is 12.7. The van der Waals surface area contributed by atoms with Crippen LogP contribution < -0.4 is 10.6 Å². The summed E-state index contributed by atoms with van der Waals surface area (Å²) in [6, 6.07) is 2.98. The first-order valence-electron chi connectivity index (χ1n) is 6.78. The van der Waals surface area contributed by atoms with Gasteiger partial charge >= 0.3 is 6.03 Å². The quantitative estimate of drug-likeness (QED) is 0.678. The number of amides is 2. The molecule has 1 aromatic heterocycles. The molecule has 2 amide bonds. The van der Waals surface area contributed by atoms with Crippen molar-refractivity contribution in [3.05, 3.63) is 23.5 Å². The van der Waals surface area contributed by atoms with Gasteiger partial charge in [-0.15, -0.1) is 0 Å². The molecule has 112 valence electrons. The van der Waals surface area contributed by atoms with E-state index in [0.29, 0.717) is 29.7 Å². The summed E-state index contributed by atoms with van der Waals surface area (Å²) < 4.78 is 0. The van der Waals surface area contributed by atoms with Crippen molar-refractivity contribution >= 4 is 23.3 Å². The molecule has 0 spiro atoms. The van der Waals surface area contributed by atoms with Crippen LogP contribution in [0.15, 0.2) is 18.3 Å². The third kappa shape index (κ3) is 6.73. The molecule has 5 nitrogen and oxygen atoms in total. The highest BCUT2D eigenvalue weighted by Gasteiger charge is 2.12. The maximum atomic E-state index is 11.8. The molecule has 1 atom stereocenters. The summed E-state index contributed by atoms with van der Waals surface area (Å²) in [5.74, 6) is 0.821. The molecule has 0 bridgehead atoms. The van der Waals surface area contributed by atoms with Crippen LogP contribution in [0.5, 0.6) is 0 Å². The highest BCUT2D eigenvalue weighted by atomic mass is 35.5. The van der Waals surface area contributed by atoms with E-state index in [2.05, 4.69) is 29.5 Å².